The molecule has 1 N–H and O–H groups in total. The number of likely N-dealkylation sites (N-methyl/N-ethyl adjacent to an activating group) is 2. The molecular weight excluding hydrogens is 525 g/mol. The quantitative estimate of drug-likeness (QED) is 0.254. The molecule has 31 heavy (non-hydrogen) atoms. The lowest BCUT2D eigenvalue weighted by molar-refractivity contribution is -0.127. The van der Waals surface area contributed by atoms with E-state index in [0.29, 0.717) is 0 Å². The number of ether oxygens (including phenoxy) is 1. The van der Waals surface area contributed by atoms with Gasteiger partial charge in [0.1, 0.15) is 6.54 Å². The van der Waals surface area contributed by atoms with Gasteiger partial charge in [-0.3, -0.25) is 4.79 Å². The molecule has 0 atom stereocenters. The lowest BCUT2D eigenvalue weighted by atomic mass is 9.92. The minimum Gasteiger partial charge on any atom is -0.383 e. The van der Waals surface area contributed by atoms with Gasteiger partial charge in [0, 0.05) is 45.7 Å². The molecule has 0 aliphatic carbocycles. The van der Waals surface area contributed by atoms with Gasteiger partial charge in [0.25, 0.3) is 0 Å². The fourth-order valence-electron chi connectivity index (χ4n) is 3.57. The van der Waals surface area contributed by atoms with E-state index in [1.54, 1.807) is 37.4 Å². The highest BCUT2D eigenvalue weighted by Gasteiger charge is 2.22. The van der Waals surface area contributed by atoms with Gasteiger partial charge in [-0.15, -0.1) is 35.3 Å². The number of halogens is 1. The van der Waals surface area contributed by atoms with Gasteiger partial charge in [0.05, 0.1) is 13.2 Å². The monoisotopic (exact) mass is 565 g/mol. The first-order valence-corrected chi connectivity index (χ1v) is 11.8. The van der Waals surface area contributed by atoms with E-state index in [4.69, 9.17) is 4.74 Å². The predicted octanol–water partition coefficient (Wildman–Crippen LogP) is 2.97. The number of piperidine rings is 1. The van der Waals surface area contributed by atoms with Crippen molar-refractivity contribution in [3.8, 4) is 0 Å². The van der Waals surface area contributed by atoms with Crippen molar-refractivity contribution in [2.45, 2.75) is 32.2 Å². The second-order valence-electron chi connectivity index (χ2n) is 8.23. The second-order valence-corrected chi connectivity index (χ2v) is 9.26. The summed E-state index contributed by atoms with van der Waals surface area (Å²) in [4.78, 5) is 24.2. The number of rotatable bonds is 11. The van der Waals surface area contributed by atoms with Crippen molar-refractivity contribution in [3.63, 3.8) is 0 Å². The van der Waals surface area contributed by atoms with E-state index in [9.17, 15) is 4.79 Å². The number of nitrogens with zero attached hydrogens (tertiary/aromatic N) is 4. The molecule has 1 aliphatic rings. The zero-order chi connectivity index (χ0) is 21.8. The van der Waals surface area contributed by atoms with Crippen LogP contribution in [0.2, 0.25) is 0 Å². The largest absolute Gasteiger partial charge is 0.383 e. The number of thiophene rings is 1. The van der Waals surface area contributed by atoms with Crippen LogP contribution in [-0.4, -0.2) is 94.1 Å². The van der Waals surface area contributed by atoms with Crippen LogP contribution in [0, 0.1) is 5.92 Å². The van der Waals surface area contributed by atoms with Crippen LogP contribution in [0.3, 0.4) is 0 Å². The number of guanidine groups is 1. The smallest absolute Gasteiger partial charge is 0.243 e. The highest BCUT2D eigenvalue weighted by molar-refractivity contribution is 14.0. The Labute approximate surface area is 209 Å². The van der Waals surface area contributed by atoms with E-state index < -0.39 is 0 Å². The van der Waals surface area contributed by atoms with Crippen LogP contribution in [0.15, 0.2) is 22.5 Å². The van der Waals surface area contributed by atoms with Gasteiger partial charge in [-0.05, 0) is 56.6 Å². The van der Waals surface area contributed by atoms with Gasteiger partial charge in [-0.2, -0.15) is 0 Å². The molecule has 0 bridgehead atoms. The summed E-state index contributed by atoms with van der Waals surface area (Å²) in [7, 11) is 7.47. The SMILES string of the molecule is COCCN(C)CCCC1CCN(C(=NCC(=O)N(C)C)NCc2cccs2)CC1.I. The van der Waals surface area contributed by atoms with Crippen molar-refractivity contribution >= 4 is 47.2 Å². The summed E-state index contributed by atoms with van der Waals surface area (Å²) in [5.74, 6) is 1.66. The molecule has 1 aliphatic heterocycles. The molecule has 0 saturated carbocycles. The number of nitrogens with one attached hydrogen (secondary N) is 1. The summed E-state index contributed by atoms with van der Waals surface area (Å²) in [6, 6.07) is 4.18. The number of likely N-dealkylation sites (tertiary alicyclic amines) is 1. The fourth-order valence-corrected chi connectivity index (χ4v) is 4.22. The van der Waals surface area contributed by atoms with Crippen molar-refractivity contribution in [2.75, 3.05) is 67.6 Å². The normalized spacial score (nSPS) is 15.1. The van der Waals surface area contributed by atoms with Crippen molar-refractivity contribution in [1.82, 2.24) is 20.0 Å². The molecule has 0 radical (unpaired) electrons. The molecule has 1 aromatic heterocycles. The molecule has 1 amide bonds. The Morgan fingerprint density at radius 3 is 2.65 bits per heavy atom. The summed E-state index contributed by atoms with van der Waals surface area (Å²) in [6.07, 6.45) is 4.88. The second kappa shape index (κ2) is 15.8. The lowest BCUT2D eigenvalue weighted by Crippen LogP contribution is -2.46. The number of methoxy groups -OCH3 is 1. The predicted molar refractivity (Wildman–Crippen MR) is 140 cm³/mol. The lowest BCUT2D eigenvalue weighted by Gasteiger charge is -2.34. The van der Waals surface area contributed by atoms with E-state index >= 15 is 0 Å². The Balaban J connectivity index is 0.00000480. The number of aliphatic imine (C=N–C) groups is 1. The third-order valence-corrected chi connectivity index (χ3v) is 6.48. The Hall–Kier alpha value is -0.910. The summed E-state index contributed by atoms with van der Waals surface area (Å²) < 4.78 is 5.15. The molecule has 9 heteroatoms. The minimum atomic E-state index is 0. The van der Waals surface area contributed by atoms with Crippen LogP contribution in [0.5, 0.6) is 0 Å². The Morgan fingerprint density at radius 1 is 1.29 bits per heavy atom. The maximum absolute atomic E-state index is 12.0. The molecule has 178 valence electrons. The van der Waals surface area contributed by atoms with Crippen LogP contribution in [0.1, 0.15) is 30.6 Å². The molecule has 0 aromatic carbocycles. The van der Waals surface area contributed by atoms with Gasteiger partial charge in [0.2, 0.25) is 5.91 Å². The fraction of sp³-hybridized carbons (Fsp3) is 0.727. The van der Waals surface area contributed by atoms with Crippen LogP contribution in [0.4, 0.5) is 0 Å². The van der Waals surface area contributed by atoms with Crippen molar-refractivity contribution in [3.05, 3.63) is 22.4 Å². The topological polar surface area (TPSA) is 60.4 Å². The molecule has 0 unspecified atom stereocenters. The first-order chi connectivity index (χ1) is 14.5. The van der Waals surface area contributed by atoms with Crippen molar-refractivity contribution < 1.29 is 9.53 Å². The third kappa shape index (κ3) is 11.0. The van der Waals surface area contributed by atoms with Gasteiger partial charge in [0.15, 0.2) is 5.96 Å². The molecule has 1 saturated heterocycles. The molecule has 7 nitrogen and oxygen atoms in total. The van der Waals surface area contributed by atoms with Crippen LogP contribution < -0.4 is 5.32 Å². The number of carbonyl (C=O) groups is 1. The van der Waals surface area contributed by atoms with Crippen molar-refractivity contribution in [2.24, 2.45) is 10.9 Å². The van der Waals surface area contributed by atoms with E-state index in [-0.39, 0.29) is 36.4 Å². The average molecular weight is 566 g/mol. The number of amides is 1. The van der Waals surface area contributed by atoms with Gasteiger partial charge in [-0.1, -0.05) is 6.07 Å². The maximum atomic E-state index is 12.0. The summed E-state index contributed by atoms with van der Waals surface area (Å²) in [6.45, 7) is 5.86. The standard InChI is InChI=1S/C22H39N5O2S.HI/c1-25(2)21(28)18-24-22(23-17-20-8-6-16-30-20)27-12-9-19(10-13-27)7-5-11-26(3)14-15-29-4;/h6,8,16,19H,5,7,9-15,17-18H2,1-4H3,(H,23,24);1H. The van der Waals surface area contributed by atoms with Crippen LogP contribution in [-0.2, 0) is 16.1 Å². The number of hydrogen-bond donors (Lipinski definition) is 1. The number of carbonyl (C=O) groups excluding carboxylic acids is 1. The summed E-state index contributed by atoms with van der Waals surface area (Å²) >= 11 is 1.73. The minimum absolute atomic E-state index is 0. The third-order valence-electron chi connectivity index (χ3n) is 5.61. The zero-order valence-electron chi connectivity index (χ0n) is 19.5. The molecule has 2 rings (SSSR count). The van der Waals surface area contributed by atoms with E-state index in [0.717, 1.165) is 51.2 Å². The van der Waals surface area contributed by atoms with Gasteiger partial charge < -0.3 is 24.8 Å². The first-order valence-electron chi connectivity index (χ1n) is 10.9. The maximum Gasteiger partial charge on any atom is 0.243 e. The Bertz CT molecular complexity index is 634. The average Bonchev–Trinajstić information content (AvgIpc) is 3.26. The van der Waals surface area contributed by atoms with E-state index in [2.05, 4.69) is 44.7 Å². The Kier molecular flexibility index (Phi) is 14.4. The first kappa shape index (κ1) is 28.1. The van der Waals surface area contributed by atoms with Gasteiger partial charge in [-0.25, -0.2) is 4.99 Å². The number of hydrogen-bond acceptors (Lipinski definition) is 5. The van der Waals surface area contributed by atoms with Crippen LogP contribution >= 0.6 is 35.3 Å². The molecule has 0 spiro atoms. The van der Waals surface area contributed by atoms with Crippen LogP contribution in [0.25, 0.3) is 0 Å². The molecule has 1 fully saturated rings. The molecular formula is C22H40IN5O2S. The van der Waals surface area contributed by atoms with Crippen molar-refractivity contribution in [1.29, 1.82) is 0 Å². The van der Waals surface area contributed by atoms with E-state index in [1.165, 1.54) is 30.6 Å². The molecule has 1 aromatic rings. The highest BCUT2D eigenvalue weighted by Crippen LogP contribution is 2.22. The highest BCUT2D eigenvalue weighted by atomic mass is 127. The summed E-state index contributed by atoms with van der Waals surface area (Å²) in [5, 5.41) is 5.56. The van der Waals surface area contributed by atoms with Gasteiger partial charge >= 0.3 is 0 Å². The molecule has 2 heterocycles. The Morgan fingerprint density at radius 2 is 2.03 bits per heavy atom. The summed E-state index contributed by atoms with van der Waals surface area (Å²) in [5.41, 5.74) is 0. The van der Waals surface area contributed by atoms with E-state index in [1.807, 2.05) is 0 Å². The zero-order valence-corrected chi connectivity index (χ0v) is 22.7.